The highest BCUT2D eigenvalue weighted by molar-refractivity contribution is 14.1. The molecule has 3 heteroatoms. The first-order valence-electron chi connectivity index (χ1n) is 6.99. The molecule has 0 saturated heterocycles. The predicted octanol–water partition coefficient (Wildman–Crippen LogP) is 4.95. The van der Waals surface area contributed by atoms with E-state index in [1.165, 1.54) is 29.7 Å². The molecule has 0 radical (unpaired) electrons. The normalized spacial score (nSPS) is 12.3. The number of halogens is 1. The quantitative estimate of drug-likeness (QED) is 0.380. The van der Waals surface area contributed by atoms with Crippen molar-refractivity contribution in [2.45, 2.75) is 40.5 Å². The van der Waals surface area contributed by atoms with Crippen LogP contribution >= 0.6 is 22.6 Å². The Balaban J connectivity index is 2.87. The number of rotatable bonds is 7. The van der Waals surface area contributed by atoms with Crippen LogP contribution in [0, 0.1) is 19.8 Å². The Morgan fingerprint density at radius 2 is 1.84 bits per heavy atom. The first-order chi connectivity index (χ1) is 9.03. The fourth-order valence-corrected chi connectivity index (χ4v) is 3.01. The van der Waals surface area contributed by atoms with Crippen molar-refractivity contribution in [1.82, 2.24) is 0 Å². The Bertz CT molecular complexity index is 383. The van der Waals surface area contributed by atoms with Gasteiger partial charge in [-0.05, 0) is 49.4 Å². The van der Waals surface area contributed by atoms with Gasteiger partial charge in [0.25, 0.3) is 0 Å². The van der Waals surface area contributed by atoms with E-state index in [0.29, 0.717) is 0 Å². The molecule has 2 nitrogen and oxygen atoms in total. The number of aryl methyl sites for hydroxylation is 2. The van der Waals surface area contributed by atoms with Gasteiger partial charge in [-0.15, -0.1) is 0 Å². The third kappa shape index (κ3) is 4.55. The maximum atomic E-state index is 5.44. The van der Waals surface area contributed by atoms with E-state index in [4.69, 9.17) is 4.74 Å². The van der Waals surface area contributed by atoms with Crippen LogP contribution in [-0.2, 0) is 0 Å². The lowest BCUT2D eigenvalue weighted by Crippen LogP contribution is -2.24. The van der Waals surface area contributed by atoms with Gasteiger partial charge in [0, 0.05) is 12.2 Å². The van der Waals surface area contributed by atoms with Crippen LogP contribution in [0.25, 0.3) is 0 Å². The van der Waals surface area contributed by atoms with E-state index in [-0.39, 0.29) is 0 Å². The van der Waals surface area contributed by atoms with Gasteiger partial charge in [0.2, 0.25) is 0 Å². The average Bonchev–Trinajstić information content (AvgIpc) is 2.38. The van der Waals surface area contributed by atoms with Crippen LogP contribution in [0.3, 0.4) is 0 Å². The lowest BCUT2D eigenvalue weighted by Gasteiger charge is -2.25. The maximum absolute atomic E-state index is 5.44. The number of anilines is 1. The molecule has 0 heterocycles. The summed E-state index contributed by atoms with van der Waals surface area (Å²) in [6.07, 6.45) is 2.51. The van der Waals surface area contributed by atoms with Gasteiger partial charge in [-0.3, -0.25) is 0 Å². The highest BCUT2D eigenvalue weighted by Crippen LogP contribution is 2.29. The zero-order valence-corrected chi connectivity index (χ0v) is 15.0. The maximum Gasteiger partial charge on any atom is 0.124 e. The topological polar surface area (TPSA) is 12.5 Å². The third-order valence-corrected chi connectivity index (χ3v) is 4.57. The van der Waals surface area contributed by atoms with Crippen molar-refractivity contribution in [2.24, 2.45) is 5.92 Å². The van der Waals surface area contributed by atoms with Crippen LogP contribution in [0.4, 0.5) is 5.69 Å². The first-order valence-corrected chi connectivity index (χ1v) is 8.52. The number of hydrogen-bond donors (Lipinski definition) is 0. The monoisotopic (exact) mass is 375 g/mol. The summed E-state index contributed by atoms with van der Waals surface area (Å²) in [6, 6.07) is 4.47. The minimum absolute atomic E-state index is 0.797. The molecule has 0 aliphatic carbocycles. The molecule has 0 aromatic heterocycles. The van der Waals surface area contributed by atoms with Gasteiger partial charge in [0.15, 0.2) is 0 Å². The molecule has 0 spiro atoms. The van der Waals surface area contributed by atoms with Gasteiger partial charge in [-0.1, -0.05) is 42.9 Å². The van der Waals surface area contributed by atoms with Gasteiger partial charge in [0.05, 0.1) is 11.7 Å². The number of methoxy groups -OCH3 is 1. The van der Waals surface area contributed by atoms with Gasteiger partial charge in [-0.25, -0.2) is 0 Å². The van der Waals surface area contributed by atoms with Crippen LogP contribution < -0.4 is 9.64 Å². The molecule has 0 fully saturated rings. The summed E-state index contributed by atoms with van der Waals surface area (Å²) < 4.78 is 6.47. The van der Waals surface area contributed by atoms with E-state index >= 15 is 0 Å². The highest BCUT2D eigenvalue weighted by atomic mass is 127. The second kappa shape index (κ2) is 7.98. The molecule has 0 saturated carbocycles. The molecule has 1 atom stereocenters. The minimum atomic E-state index is 0.797. The van der Waals surface area contributed by atoms with Crippen LogP contribution in [0.2, 0.25) is 0 Å². The molecule has 108 valence electrons. The van der Waals surface area contributed by atoms with Gasteiger partial charge < -0.3 is 9.64 Å². The van der Waals surface area contributed by atoms with Crippen molar-refractivity contribution >= 4 is 28.3 Å². The van der Waals surface area contributed by atoms with Crippen LogP contribution in [0.15, 0.2) is 12.1 Å². The van der Waals surface area contributed by atoms with Crippen molar-refractivity contribution in [1.29, 1.82) is 0 Å². The van der Waals surface area contributed by atoms with Crippen molar-refractivity contribution < 1.29 is 4.74 Å². The molecule has 0 aliphatic rings. The fraction of sp³-hybridized carbons (Fsp3) is 0.625. The van der Waals surface area contributed by atoms with Gasteiger partial charge in [0.1, 0.15) is 5.75 Å². The van der Waals surface area contributed by atoms with E-state index < -0.39 is 0 Å². The van der Waals surface area contributed by atoms with Crippen molar-refractivity contribution in [3.8, 4) is 5.75 Å². The predicted molar refractivity (Wildman–Crippen MR) is 92.8 cm³/mol. The fourth-order valence-electron chi connectivity index (χ4n) is 2.27. The summed E-state index contributed by atoms with van der Waals surface area (Å²) in [5, 5.41) is 0. The lowest BCUT2D eigenvalue weighted by molar-refractivity contribution is 0.408. The SMILES string of the molecule is CCC(C)CCN(CI)c1cc(C)c(OC)c(C)c1. The number of ether oxygens (including phenoxy) is 1. The number of nitrogens with zero attached hydrogens (tertiary/aromatic N) is 1. The van der Waals surface area contributed by atoms with Crippen LogP contribution in [0.1, 0.15) is 37.8 Å². The summed E-state index contributed by atoms with van der Waals surface area (Å²) in [7, 11) is 1.74. The molecule has 1 unspecified atom stereocenters. The summed E-state index contributed by atoms with van der Waals surface area (Å²) in [5.41, 5.74) is 3.75. The van der Waals surface area contributed by atoms with Gasteiger partial charge >= 0.3 is 0 Å². The molecule has 1 aromatic carbocycles. The standard InChI is InChI=1S/C16H26INO/c1-6-12(2)7-8-18(11-17)15-9-13(3)16(19-5)14(4)10-15/h9-10,12H,6-8,11H2,1-5H3. The molecule has 1 aromatic rings. The van der Waals surface area contributed by atoms with E-state index in [1.807, 2.05) is 0 Å². The van der Waals surface area contributed by atoms with E-state index in [1.54, 1.807) is 7.11 Å². The molecule has 0 aliphatic heterocycles. The first kappa shape index (κ1) is 16.6. The summed E-state index contributed by atoms with van der Waals surface area (Å²) in [6.45, 7) is 9.96. The molecule has 0 amide bonds. The third-order valence-electron chi connectivity index (χ3n) is 3.75. The minimum Gasteiger partial charge on any atom is -0.496 e. The average molecular weight is 375 g/mol. The second-order valence-electron chi connectivity index (χ2n) is 5.30. The molecular weight excluding hydrogens is 349 g/mol. The summed E-state index contributed by atoms with van der Waals surface area (Å²) >= 11 is 2.45. The second-order valence-corrected chi connectivity index (χ2v) is 5.98. The molecule has 0 N–H and O–H groups in total. The highest BCUT2D eigenvalue weighted by Gasteiger charge is 2.11. The van der Waals surface area contributed by atoms with E-state index in [9.17, 15) is 0 Å². The zero-order chi connectivity index (χ0) is 14.4. The number of alkyl halides is 1. The van der Waals surface area contributed by atoms with E-state index in [0.717, 1.165) is 22.8 Å². The van der Waals surface area contributed by atoms with Crippen LogP contribution in [-0.4, -0.2) is 18.2 Å². The van der Waals surface area contributed by atoms with Crippen molar-refractivity contribution in [2.75, 3.05) is 23.1 Å². The molecule has 1 rings (SSSR count). The zero-order valence-electron chi connectivity index (χ0n) is 12.8. The Morgan fingerprint density at radius 3 is 2.26 bits per heavy atom. The van der Waals surface area contributed by atoms with Crippen molar-refractivity contribution in [3.05, 3.63) is 23.3 Å². The Kier molecular flexibility index (Phi) is 6.97. The van der Waals surface area contributed by atoms with Crippen molar-refractivity contribution in [3.63, 3.8) is 0 Å². The smallest absolute Gasteiger partial charge is 0.124 e. The number of hydrogen-bond acceptors (Lipinski definition) is 2. The van der Waals surface area contributed by atoms with E-state index in [2.05, 4.69) is 67.3 Å². The Labute approximate surface area is 131 Å². The Morgan fingerprint density at radius 1 is 1.26 bits per heavy atom. The Hall–Kier alpha value is -0.450. The number of benzene rings is 1. The molecule has 19 heavy (non-hydrogen) atoms. The van der Waals surface area contributed by atoms with Crippen LogP contribution in [0.5, 0.6) is 5.75 Å². The summed E-state index contributed by atoms with van der Waals surface area (Å²) in [4.78, 5) is 2.45. The summed E-state index contributed by atoms with van der Waals surface area (Å²) in [5.74, 6) is 1.81. The molecule has 0 bridgehead atoms. The lowest BCUT2D eigenvalue weighted by atomic mass is 10.0. The van der Waals surface area contributed by atoms with Gasteiger partial charge in [-0.2, -0.15) is 0 Å². The largest absolute Gasteiger partial charge is 0.496 e. The molecular formula is C16H26INO.